The van der Waals surface area contributed by atoms with Gasteiger partial charge >= 0.3 is 0 Å². The lowest BCUT2D eigenvalue weighted by Crippen LogP contribution is -2.27. The fourth-order valence-corrected chi connectivity index (χ4v) is 2.59. The number of halogens is 2. The van der Waals surface area contributed by atoms with Crippen LogP contribution in [-0.2, 0) is 11.2 Å². The maximum Gasteiger partial charge on any atom is 0.137 e. The van der Waals surface area contributed by atoms with E-state index in [0.29, 0.717) is 10.4 Å². The molecular weight excluding hydrogens is 309 g/mol. The van der Waals surface area contributed by atoms with Gasteiger partial charge < -0.3 is 10.1 Å². The molecule has 1 atom stereocenters. The van der Waals surface area contributed by atoms with Crippen molar-refractivity contribution in [3.63, 3.8) is 0 Å². The first kappa shape index (κ1) is 16.6. The molecule has 19 heavy (non-hydrogen) atoms. The second-order valence-corrected chi connectivity index (χ2v) is 5.66. The number of hydrogen-bond donors (Lipinski definition) is 1. The first-order chi connectivity index (χ1) is 9.17. The van der Waals surface area contributed by atoms with Gasteiger partial charge in [0, 0.05) is 13.7 Å². The van der Waals surface area contributed by atoms with Gasteiger partial charge in [-0.1, -0.05) is 19.4 Å². The molecular formula is C15H23BrFNO. The molecule has 0 amide bonds. The smallest absolute Gasteiger partial charge is 0.137 e. The Labute approximate surface area is 123 Å². The van der Waals surface area contributed by atoms with Crippen LogP contribution < -0.4 is 5.32 Å². The largest absolute Gasteiger partial charge is 0.383 e. The van der Waals surface area contributed by atoms with Crippen LogP contribution in [0.4, 0.5) is 4.39 Å². The molecule has 0 radical (unpaired) electrons. The monoisotopic (exact) mass is 331 g/mol. The average Bonchev–Trinajstić information content (AvgIpc) is 2.39. The predicted molar refractivity (Wildman–Crippen MR) is 80.9 cm³/mol. The van der Waals surface area contributed by atoms with Gasteiger partial charge in [-0.05, 0) is 58.9 Å². The molecule has 0 fully saturated rings. The summed E-state index contributed by atoms with van der Waals surface area (Å²) in [7, 11) is 1.71. The Kier molecular flexibility index (Phi) is 8.26. The van der Waals surface area contributed by atoms with Gasteiger partial charge in [0.25, 0.3) is 0 Å². The zero-order valence-electron chi connectivity index (χ0n) is 11.7. The summed E-state index contributed by atoms with van der Waals surface area (Å²) in [6, 6.07) is 5.28. The molecule has 0 saturated heterocycles. The maximum absolute atomic E-state index is 13.2. The van der Waals surface area contributed by atoms with Gasteiger partial charge in [-0.3, -0.25) is 0 Å². The highest BCUT2D eigenvalue weighted by molar-refractivity contribution is 9.10. The highest BCUT2D eigenvalue weighted by Gasteiger charge is 2.10. The van der Waals surface area contributed by atoms with E-state index in [1.807, 2.05) is 12.1 Å². The van der Waals surface area contributed by atoms with Crippen molar-refractivity contribution in [3.05, 3.63) is 34.1 Å². The summed E-state index contributed by atoms with van der Waals surface area (Å²) >= 11 is 3.24. The molecule has 0 aliphatic heterocycles. The molecule has 2 nitrogen and oxygen atoms in total. The molecule has 1 rings (SSSR count). The molecule has 1 aromatic carbocycles. The summed E-state index contributed by atoms with van der Waals surface area (Å²) in [5.41, 5.74) is 1.18. The number of methoxy groups -OCH3 is 1. The van der Waals surface area contributed by atoms with Gasteiger partial charge in [0.2, 0.25) is 0 Å². The fourth-order valence-electron chi connectivity index (χ4n) is 2.16. The van der Waals surface area contributed by atoms with Gasteiger partial charge in [-0.2, -0.15) is 0 Å². The van der Waals surface area contributed by atoms with Crippen molar-refractivity contribution in [3.8, 4) is 0 Å². The molecule has 0 bridgehead atoms. The number of rotatable bonds is 9. The van der Waals surface area contributed by atoms with E-state index in [2.05, 4.69) is 28.2 Å². The average molecular weight is 332 g/mol. The number of benzene rings is 1. The summed E-state index contributed by atoms with van der Waals surface area (Å²) in [6.07, 6.45) is 3.32. The third kappa shape index (κ3) is 6.50. The minimum Gasteiger partial charge on any atom is -0.383 e. The highest BCUT2D eigenvalue weighted by atomic mass is 79.9. The Morgan fingerprint density at radius 2 is 2.21 bits per heavy atom. The van der Waals surface area contributed by atoms with Crippen LogP contribution in [-0.4, -0.2) is 26.8 Å². The van der Waals surface area contributed by atoms with Crippen molar-refractivity contribution in [1.82, 2.24) is 5.32 Å². The van der Waals surface area contributed by atoms with Crippen molar-refractivity contribution < 1.29 is 9.13 Å². The Morgan fingerprint density at radius 3 is 2.84 bits per heavy atom. The van der Waals surface area contributed by atoms with E-state index in [1.54, 1.807) is 7.11 Å². The van der Waals surface area contributed by atoms with Crippen LogP contribution in [0.15, 0.2) is 22.7 Å². The Morgan fingerprint density at radius 1 is 1.42 bits per heavy atom. The summed E-state index contributed by atoms with van der Waals surface area (Å²) in [5.74, 6) is 0.383. The third-order valence-electron chi connectivity index (χ3n) is 3.12. The number of ether oxygens (including phenoxy) is 1. The molecule has 0 saturated carbocycles. The van der Waals surface area contributed by atoms with Gasteiger partial charge in [-0.15, -0.1) is 0 Å². The lowest BCUT2D eigenvalue weighted by molar-refractivity contribution is 0.197. The minimum atomic E-state index is -0.200. The third-order valence-corrected chi connectivity index (χ3v) is 3.73. The molecule has 0 heterocycles. The van der Waals surface area contributed by atoms with Crippen molar-refractivity contribution in [2.75, 3.05) is 26.8 Å². The second-order valence-electron chi connectivity index (χ2n) is 4.80. The molecule has 108 valence electrons. The molecule has 0 aliphatic carbocycles. The van der Waals surface area contributed by atoms with E-state index in [-0.39, 0.29) is 5.82 Å². The maximum atomic E-state index is 13.2. The topological polar surface area (TPSA) is 21.3 Å². The van der Waals surface area contributed by atoms with Crippen LogP contribution in [0.1, 0.15) is 25.3 Å². The van der Waals surface area contributed by atoms with E-state index < -0.39 is 0 Å². The summed E-state index contributed by atoms with van der Waals surface area (Å²) in [5, 5.41) is 3.41. The predicted octanol–water partition coefficient (Wildman–Crippen LogP) is 3.78. The van der Waals surface area contributed by atoms with Gasteiger partial charge in [0.05, 0.1) is 11.1 Å². The minimum absolute atomic E-state index is 0.200. The van der Waals surface area contributed by atoms with Gasteiger partial charge in [0.15, 0.2) is 0 Å². The van der Waals surface area contributed by atoms with Crippen molar-refractivity contribution in [2.45, 2.75) is 26.2 Å². The van der Waals surface area contributed by atoms with Crippen molar-refractivity contribution >= 4 is 15.9 Å². The summed E-state index contributed by atoms with van der Waals surface area (Å²) in [4.78, 5) is 0. The van der Waals surface area contributed by atoms with Crippen LogP contribution in [0.3, 0.4) is 0 Å². The highest BCUT2D eigenvalue weighted by Crippen LogP contribution is 2.20. The molecule has 0 aromatic heterocycles. The van der Waals surface area contributed by atoms with Crippen LogP contribution in [0.2, 0.25) is 0 Å². The van der Waals surface area contributed by atoms with E-state index in [0.717, 1.165) is 26.1 Å². The quantitative estimate of drug-likeness (QED) is 0.695. The normalized spacial score (nSPS) is 12.6. The Balaban J connectivity index is 2.49. The number of hydrogen-bond acceptors (Lipinski definition) is 2. The van der Waals surface area contributed by atoms with Gasteiger partial charge in [0.1, 0.15) is 5.82 Å². The first-order valence-electron chi connectivity index (χ1n) is 6.81. The van der Waals surface area contributed by atoms with E-state index in [1.165, 1.54) is 24.5 Å². The van der Waals surface area contributed by atoms with Crippen molar-refractivity contribution in [1.29, 1.82) is 0 Å². The fraction of sp³-hybridized carbons (Fsp3) is 0.600. The standard InChI is InChI=1S/C15H23BrFNO/c1-3-4-13(11-18-7-8-19-2)9-12-5-6-15(17)14(16)10-12/h5-6,10,13,18H,3-4,7-9,11H2,1-2H3. The zero-order chi connectivity index (χ0) is 14.1. The van der Waals surface area contributed by atoms with Crippen LogP contribution in [0.5, 0.6) is 0 Å². The summed E-state index contributed by atoms with van der Waals surface area (Å²) in [6.45, 7) is 4.79. The second kappa shape index (κ2) is 9.45. The molecule has 0 aliphatic rings. The Bertz CT molecular complexity index is 373. The van der Waals surface area contributed by atoms with E-state index in [4.69, 9.17) is 4.74 Å². The molecule has 1 unspecified atom stereocenters. The van der Waals surface area contributed by atoms with Crippen molar-refractivity contribution in [2.24, 2.45) is 5.92 Å². The van der Waals surface area contributed by atoms with Crippen LogP contribution in [0.25, 0.3) is 0 Å². The summed E-state index contributed by atoms with van der Waals surface area (Å²) < 4.78 is 18.8. The van der Waals surface area contributed by atoms with Crippen LogP contribution in [0, 0.1) is 11.7 Å². The van der Waals surface area contributed by atoms with Gasteiger partial charge in [-0.25, -0.2) is 4.39 Å². The van der Waals surface area contributed by atoms with E-state index >= 15 is 0 Å². The molecule has 1 aromatic rings. The molecule has 1 N–H and O–H groups in total. The van der Waals surface area contributed by atoms with E-state index in [9.17, 15) is 4.39 Å². The lowest BCUT2D eigenvalue weighted by Gasteiger charge is -2.17. The first-order valence-corrected chi connectivity index (χ1v) is 7.60. The lowest BCUT2D eigenvalue weighted by atomic mass is 9.95. The number of nitrogens with one attached hydrogen (secondary N) is 1. The zero-order valence-corrected chi connectivity index (χ0v) is 13.3. The molecule has 4 heteroatoms. The Hall–Kier alpha value is -0.450. The van der Waals surface area contributed by atoms with Crippen LogP contribution >= 0.6 is 15.9 Å². The SMILES string of the molecule is CCCC(CNCCOC)Cc1ccc(F)c(Br)c1. The molecule has 0 spiro atoms.